The van der Waals surface area contributed by atoms with Crippen LogP contribution >= 0.6 is 11.6 Å². The number of morpholine rings is 1. The van der Waals surface area contributed by atoms with E-state index in [9.17, 15) is 4.79 Å². The highest BCUT2D eigenvalue weighted by Gasteiger charge is 2.40. The number of carbonyl (C=O) groups is 1. The van der Waals surface area contributed by atoms with Gasteiger partial charge in [0.25, 0.3) is 0 Å². The number of likely N-dealkylation sites (tertiary alicyclic amines) is 1. The summed E-state index contributed by atoms with van der Waals surface area (Å²) in [6, 6.07) is 7.52. The van der Waals surface area contributed by atoms with Gasteiger partial charge in [0.05, 0.1) is 13.2 Å². The molecule has 27 heavy (non-hydrogen) atoms. The standard InChI is InChI=1S/C21H30ClN3O2/c1-17(15-18-3-5-19(22)6-4-18)20(26)23-16-21(7-9-24(2)10-8-21)25-11-13-27-14-12-25/h3-6,15H,7-14,16H2,1-2H3,(H,23,26)/b17-15+. The molecule has 148 valence electrons. The maximum Gasteiger partial charge on any atom is 0.247 e. The Morgan fingerprint density at radius 3 is 2.44 bits per heavy atom. The molecule has 0 unspecified atom stereocenters. The monoisotopic (exact) mass is 391 g/mol. The van der Waals surface area contributed by atoms with Crippen LogP contribution < -0.4 is 5.32 Å². The molecule has 2 heterocycles. The summed E-state index contributed by atoms with van der Waals surface area (Å²) in [5.74, 6) is -0.00323. The minimum Gasteiger partial charge on any atom is -0.379 e. The zero-order valence-corrected chi connectivity index (χ0v) is 17.1. The molecule has 2 fully saturated rings. The van der Waals surface area contributed by atoms with Gasteiger partial charge >= 0.3 is 0 Å². The molecule has 1 aromatic rings. The first-order chi connectivity index (χ1) is 13.0. The zero-order valence-electron chi connectivity index (χ0n) is 16.3. The van der Waals surface area contributed by atoms with Gasteiger partial charge in [0.15, 0.2) is 0 Å². The summed E-state index contributed by atoms with van der Waals surface area (Å²) in [6.45, 7) is 8.12. The van der Waals surface area contributed by atoms with Crippen molar-refractivity contribution in [3.05, 3.63) is 40.4 Å². The summed E-state index contributed by atoms with van der Waals surface area (Å²) >= 11 is 5.93. The lowest BCUT2D eigenvalue weighted by atomic mass is 9.85. The van der Waals surface area contributed by atoms with Gasteiger partial charge in [-0.1, -0.05) is 23.7 Å². The first-order valence-electron chi connectivity index (χ1n) is 9.72. The second-order valence-corrected chi connectivity index (χ2v) is 8.13. The number of benzene rings is 1. The molecule has 0 bridgehead atoms. The second-order valence-electron chi connectivity index (χ2n) is 7.69. The number of amides is 1. The van der Waals surface area contributed by atoms with E-state index in [1.54, 1.807) is 0 Å². The lowest BCUT2D eigenvalue weighted by Gasteiger charge is -2.49. The van der Waals surface area contributed by atoms with Gasteiger partial charge < -0.3 is 15.0 Å². The van der Waals surface area contributed by atoms with Crippen molar-refractivity contribution >= 4 is 23.6 Å². The summed E-state index contributed by atoms with van der Waals surface area (Å²) in [5.41, 5.74) is 1.73. The Kier molecular flexibility index (Phi) is 6.93. The lowest BCUT2D eigenvalue weighted by molar-refractivity contribution is -0.118. The Hall–Kier alpha value is -1.40. The number of nitrogens with one attached hydrogen (secondary N) is 1. The summed E-state index contributed by atoms with van der Waals surface area (Å²) in [4.78, 5) is 17.6. The first-order valence-corrected chi connectivity index (χ1v) is 10.1. The van der Waals surface area contributed by atoms with Crippen molar-refractivity contribution in [2.24, 2.45) is 0 Å². The number of piperidine rings is 1. The number of nitrogens with zero attached hydrogens (tertiary/aromatic N) is 2. The molecule has 5 nitrogen and oxygen atoms in total. The van der Waals surface area contributed by atoms with E-state index in [0.29, 0.717) is 17.1 Å². The van der Waals surface area contributed by atoms with E-state index in [4.69, 9.17) is 16.3 Å². The number of halogens is 1. The Morgan fingerprint density at radius 2 is 1.81 bits per heavy atom. The number of hydrogen-bond donors (Lipinski definition) is 1. The molecule has 0 spiro atoms. The van der Waals surface area contributed by atoms with Crippen molar-refractivity contribution < 1.29 is 9.53 Å². The highest BCUT2D eigenvalue weighted by molar-refractivity contribution is 6.30. The van der Waals surface area contributed by atoms with Gasteiger partial charge in [-0.25, -0.2) is 0 Å². The van der Waals surface area contributed by atoms with Crippen LogP contribution in [-0.2, 0) is 9.53 Å². The third kappa shape index (κ3) is 5.32. The summed E-state index contributed by atoms with van der Waals surface area (Å²) in [7, 11) is 2.17. The van der Waals surface area contributed by atoms with Gasteiger partial charge in [-0.3, -0.25) is 9.69 Å². The van der Waals surface area contributed by atoms with Crippen LogP contribution in [0.5, 0.6) is 0 Å². The number of carbonyl (C=O) groups excluding carboxylic acids is 1. The lowest BCUT2D eigenvalue weighted by Crippen LogP contribution is -2.62. The van der Waals surface area contributed by atoms with E-state index in [1.807, 2.05) is 37.3 Å². The second kappa shape index (κ2) is 9.20. The molecule has 3 rings (SSSR count). The molecule has 1 amide bonds. The number of ether oxygens (including phenoxy) is 1. The Balaban J connectivity index is 1.65. The van der Waals surface area contributed by atoms with Crippen LogP contribution in [0.25, 0.3) is 6.08 Å². The zero-order chi connectivity index (χ0) is 19.3. The third-order valence-electron chi connectivity index (χ3n) is 5.79. The highest BCUT2D eigenvalue weighted by Crippen LogP contribution is 2.29. The van der Waals surface area contributed by atoms with Gasteiger partial charge in [0, 0.05) is 35.8 Å². The molecule has 2 saturated heterocycles. The Bertz CT molecular complexity index is 661. The minimum atomic E-state index is -0.00323. The highest BCUT2D eigenvalue weighted by atomic mass is 35.5. The Labute approximate surface area is 167 Å². The molecule has 0 aromatic heterocycles. The molecular formula is C21H30ClN3O2. The van der Waals surface area contributed by atoms with Crippen molar-refractivity contribution in [1.82, 2.24) is 15.1 Å². The predicted molar refractivity (Wildman–Crippen MR) is 110 cm³/mol. The van der Waals surface area contributed by atoms with E-state index in [2.05, 4.69) is 22.2 Å². The maximum atomic E-state index is 12.7. The van der Waals surface area contributed by atoms with Crippen LogP contribution in [0, 0.1) is 0 Å². The van der Waals surface area contributed by atoms with Gasteiger partial charge in [0.2, 0.25) is 5.91 Å². The largest absolute Gasteiger partial charge is 0.379 e. The number of rotatable bonds is 5. The molecule has 0 radical (unpaired) electrons. The van der Waals surface area contributed by atoms with Crippen LogP contribution in [0.15, 0.2) is 29.8 Å². The fraction of sp³-hybridized carbons (Fsp3) is 0.571. The SMILES string of the molecule is C/C(=C\c1ccc(Cl)cc1)C(=O)NCC1(N2CCOCC2)CCN(C)CC1. The van der Waals surface area contributed by atoms with E-state index >= 15 is 0 Å². The van der Waals surface area contributed by atoms with E-state index < -0.39 is 0 Å². The fourth-order valence-electron chi connectivity index (χ4n) is 3.94. The van der Waals surface area contributed by atoms with Gasteiger partial charge in [-0.15, -0.1) is 0 Å². The number of hydrogen-bond acceptors (Lipinski definition) is 4. The van der Waals surface area contributed by atoms with Crippen LogP contribution in [0.4, 0.5) is 0 Å². The summed E-state index contributed by atoms with van der Waals surface area (Å²) in [5, 5.41) is 3.90. The fourth-order valence-corrected chi connectivity index (χ4v) is 4.06. The quantitative estimate of drug-likeness (QED) is 0.784. The van der Waals surface area contributed by atoms with Crippen molar-refractivity contribution in [2.75, 3.05) is 53.0 Å². The molecule has 0 aliphatic carbocycles. The van der Waals surface area contributed by atoms with Crippen molar-refractivity contribution in [3.63, 3.8) is 0 Å². The molecule has 0 atom stereocenters. The summed E-state index contributed by atoms with van der Waals surface area (Å²) in [6.07, 6.45) is 4.05. The molecular weight excluding hydrogens is 362 g/mol. The first kappa shape index (κ1) is 20.3. The normalized spacial score (nSPS) is 21.8. The molecule has 1 aromatic carbocycles. The van der Waals surface area contributed by atoms with Crippen molar-refractivity contribution in [1.29, 1.82) is 0 Å². The van der Waals surface area contributed by atoms with E-state index in [-0.39, 0.29) is 11.4 Å². The van der Waals surface area contributed by atoms with Gasteiger partial charge in [-0.05, 0) is 63.7 Å². The topological polar surface area (TPSA) is 44.8 Å². The maximum absolute atomic E-state index is 12.7. The van der Waals surface area contributed by atoms with Gasteiger partial charge in [-0.2, -0.15) is 0 Å². The molecule has 0 saturated carbocycles. The Morgan fingerprint density at radius 1 is 1.19 bits per heavy atom. The minimum absolute atomic E-state index is 0.00323. The predicted octanol–water partition coefficient (Wildman–Crippen LogP) is 2.66. The molecule has 2 aliphatic rings. The molecule has 6 heteroatoms. The third-order valence-corrected chi connectivity index (χ3v) is 6.04. The molecule has 2 aliphatic heterocycles. The van der Waals surface area contributed by atoms with E-state index in [1.165, 1.54) is 0 Å². The molecule has 1 N–H and O–H groups in total. The van der Waals surface area contributed by atoms with E-state index in [0.717, 1.165) is 57.8 Å². The smallest absolute Gasteiger partial charge is 0.247 e. The van der Waals surface area contributed by atoms with Crippen LogP contribution in [0.2, 0.25) is 5.02 Å². The van der Waals surface area contributed by atoms with Crippen molar-refractivity contribution in [3.8, 4) is 0 Å². The van der Waals surface area contributed by atoms with Crippen LogP contribution in [0.3, 0.4) is 0 Å². The van der Waals surface area contributed by atoms with Gasteiger partial charge in [0.1, 0.15) is 0 Å². The van der Waals surface area contributed by atoms with Crippen LogP contribution in [-0.4, -0.2) is 74.2 Å². The summed E-state index contributed by atoms with van der Waals surface area (Å²) < 4.78 is 5.54. The average molecular weight is 392 g/mol. The van der Waals surface area contributed by atoms with Crippen LogP contribution in [0.1, 0.15) is 25.3 Å². The average Bonchev–Trinajstić information content (AvgIpc) is 2.70. The van der Waals surface area contributed by atoms with Crippen molar-refractivity contribution in [2.45, 2.75) is 25.3 Å².